The Morgan fingerprint density at radius 1 is 1.64 bits per heavy atom. The minimum absolute atomic E-state index is 0.301. The molecular weight excluding hydrogens is 182 g/mol. The summed E-state index contributed by atoms with van der Waals surface area (Å²) in [5.41, 5.74) is 5.21. The zero-order valence-corrected chi connectivity index (χ0v) is 7.60. The molecule has 1 amide bonds. The average molecular weight is 191 g/mol. The molecule has 0 saturated heterocycles. The summed E-state index contributed by atoms with van der Waals surface area (Å²) >= 11 is 0. The number of aryl methyl sites for hydroxylation is 1. The Hall–Kier alpha value is -2.09. The summed E-state index contributed by atoms with van der Waals surface area (Å²) in [4.78, 5) is 22.3. The highest BCUT2D eigenvalue weighted by atomic mass is 16.2. The average Bonchev–Trinajstić information content (AvgIpc) is 2.51. The fraction of sp³-hybridized carbons (Fsp3) is 0.222. The first-order valence-electron chi connectivity index (χ1n) is 3.92. The predicted octanol–water partition coefficient (Wildman–Crippen LogP) is -0.167. The van der Waals surface area contributed by atoms with Gasteiger partial charge in [-0.05, 0) is 12.1 Å². The van der Waals surface area contributed by atoms with E-state index in [0.717, 1.165) is 0 Å². The van der Waals surface area contributed by atoms with Gasteiger partial charge in [0, 0.05) is 13.2 Å². The second-order valence-corrected chi connectivity index (χ2v) is 2.83. The van der Waals surface area contributed by atoms with Crippen LogP contribution >= 0.6 is 0 Å². The first kappa shape index (κ1) is 9.99. The number of amides is 1. The number of ketones is 1. The zero-order chi connectivity index (χ0) is 10.7. The first-order valence-corrected chi connectivity index (χ1v) is 3.92. The van der Waals surface area contributed by atoms with Crippen LogP contribution in [0.25, 0.3) is 0 Å². The molecule has 1 aromatic heterocycles. The van der Waals surface area contributed by atoms with E-state index in [4.69, 9.17) is 11.0 Å². The second-order valence-electron chi connectivity index (χ2n) is 2.83. The minimum atomic E-state index is -1.40. The molecule has 0 aliphatic heterocycles. The van der Waals surface area contributed by atoms with Crippen molar-refractivity contribution >= 4 is 11.7 Å². The molecule has 0 aliphatic rings. The van der Waals surface area contributed by atoms with Crippen LogP contribution in [0.15, 0.2) is 18.3 Å². The maximum atomic E-state index is 11.6. The second kappa shape index (κ2) is 3.75. The van der Waals surface area contributed by atoms with Crippen molar-refractivity contribution in [2.24, 2.45) is 18.7 Å². The van der Waals surface area contributed by atoms with Crippen molar-refractivity contribution in [1.82, 2.24) is 4.57 Å². The van der Waals surface area contributed by atoms with Crippen LogP contribution in [0.1, 0.15) is 10.5 Å². The molecule has 1 atom stereocenters. The van der Waals surface area contributed by atoms with E-state index in [9.17, 15) is 9.59 Å². The van der Waals surface area contributed by atoms with E-state index in [1.165, 1.54) is 10.6 Å². The van der Waals surface area contributed by atoms with Crippen molar-refractivity contribution in [3.8, 4) is 6.07 Å². The highest BCUT2D eigenvalue weighted by Crippen LogP contribution is 2.08. The van der Waals surface area contributed by atoms with Crippen LogP contribution in [0, 0.1) is 17.2 Å². The standard InChI is InChI=1S/C9H9N3O2/c1-12-4-2-3-7(12)8(13)6(5-10)9(11)14/h2-4,6H,1H3,(H2,11,14). The molecule has 5 heteroatoms. The van der Waals surface area contributed by atoms with Crippen LogP contribution in [0.4, 0.5) is 0 Å². The van der Waals surface area contributed by atoms with Crippen molar-refractivity contribution in [3.63, 3.8) is 0 Å². The zero-order valence-electron chi connectivity index (χ0n) is 7.60. The summed E-state index contributed by atoms with van der Waals surface area (Å²) in [6.45, 7) is 0. The molecule has 5 nitrogen and oxygen atoms in total. The lowest BCUT2D eigenvalue weighted by molar-refractivity contribution is -0.119. The molecular formula is C9H9N3O2. The van der Waals surface area contributed by atoms with Crippen molar-refractivity contribution in [2.75, 3.05) is 0 Å². The molecule has 0 saturated carbocycles. The summed E-state index contributed by atoms with van der Waals surface area (Å²) in [6.07, 6.45) is 1.66. The Kier molecular flexibility index (Phi) is 2.67. The fourth-order valence-electron chi connectivity index (χ4n) is 1.12. The lowest BCUT2D eigenvalue weighted by Gasteiger charge is -2.04. The molecule has 0 fully saturated rings. The Morgan fingerprint density at radius 2 is 2.29 bits per heavy atom. The number of nitrogens with zero attached hydrogens (tertiary/aromatic N) is 2. The first-order chi connectivity index (χ1) is 6.57. The quantitative estimate of drug-likeness (QED) is 0.531. The number of primary amides is 1. The molecule has 0 bridgehead atoms. The largest absolute Gasteiger partial charge is 0.368 e. The van der Waals surface area contributed by atoms with Gasteiger partial charge in [0.25, 0.3) is 0 Å². The van der Waals surface area contributed by atoms with Crippen molar-refractivity contribution in [1.29, 1.82) is 5.26 Å². The topological polar surface area (TPSA) is 88.9 Å². The lowest BCUT2D eigenvalue weighted by atomic mass is 10.0. The van der Waals surface area contributed by atoms with Crippen LogP contribution in [-0.2, 0) is 11.8 Å². The molecule has 0 aliphatic carbocycles. The van der Waals surface area contributed by atoms with Gasteiger partial charge in [-0.1, -0.05) is 0 Å². The van der Waals surface area contributed by atoms with Crippen molar-refractivity contribution in [3.05, 3.63) is 24.0 Å². The molecule has 0 spiro atoms. The third-order valence-electron chi connectivity index (χ3n) is 1.87. The molecule has 72 valence electrons. The molecule has 14 heavy (non-hydrogen) atoms. The van der Waals surface area contributed by atoms with Crippen LogP contribution in [0.3, 0.4) is 0 Å². The number of carbonyl (C=O) groups is 2. The summed E-state index contributed by atoms with van der Waals surface area (Å²) < 4.78 is 1.54. The van der Waals surface area contributed by atoms with Gasteiger partial charge in [-0.2, -0.15) is 5.26 Å². The van der Waals surface area contributed by atoms with E-state index in [2.05, 4.69) is 0 Å². The SMILES string of the molecule is Cn1cccc1C(=O)C(C#N)C(N)=O. The van der Waals surface area contributed by atoms with Crippen LogP contribution < -0.4 is 5.73 Å². The molecule has 2 N–H and O–H groups in total. The van der Waals surface area contributed by atoms with E-state index in [1.54, 1.807) is 25.4 Å². The highest BCUT2D eigenvalue weighted by Gasteiger charge is 2.26. The number of hydrogen-bond acceptors (Lipinski definition) is 3. The van der Waals surface area contributed by atoms with Crippen LogP contribution in [0.5, 0.6) is 0 Å². The van der Waals surface area contributed by atoms with Crippen molar-refractivity contribution in [2.45, 2.75) is 0 Å². The van der Waals surface area contributed by atoms with Crippen LogP contribution in [0.2, 0.25) is 0 Å². The normalized spacial score (nSPS) is 11.7. The summed E-state index contributed by atoms with van der Waals surface area (Å²) in [5.74, 6) is -2.88. The van der Waals surface area contributed by atoms with Crippen LogP contribution in [-0.4, -0.2) is 16.3 Å². The summed E-state index contributed by atoms with van der Waals surface area (Å²) in [7, 11) is 1.66. The monoisotopic (exact) mass is 191 g/mol. The van der Waals surface area contributed by atoms with Crippen molar-refractivity contribution < 1.29 is 9.59 Å². The molecule has 0 radical (unpaired) electrons. The van der Waals surface area contributed by atoms with E-state index in [-0.39, 0.29) is 0 Å². The third-order valence-corrected chi connectivity index (χ3v) is 1.87. The van der Waals surface area contributed by atoms with Gasteiger partial charge in [-0.15, -0.1) is 0 Å². The fourth-order valence-corrected chi connectivity index (χ4v) is 1.12. The predicted molar refractivity (Wildman–Crippen MR) is 48.0 cm³/mol. The lowest BCUT2D eigenvalue weighted by Crippen LogP contribution is -2.30. The van der Waals surface area contributed by atoms with Gasteiger partial charge in [0.2, 0.25) is 11.7 Å². The molecule has 1 aromatic rings. The van der Waals surface area contributed by atoms with Gasteiger partial charge in [-0.3, -0.25) is 9.59 Å². The third kappa shape index (κ3) is 1.64. The molecule has 0 aromatic carbocycles. The maximum Gasteiger partial charge on any atom is 0.242 e. The number of Topliss-reactive ketones (excluding diaryl/α,β-unsaturated/α-hetero) is 1. The Balaban J connectivity index is 3.02. The van der Waals surface area contributed by atoms with Gasteiger partial charge >= 0.3 is 0 Å². The van der Waals surface area contributed by atoms with E-state index < -0.39 is 17.6 Å². The van der Waals surface area contributed by atoms with E-state index in [1.807, 2.05) is 0 Å². The van der Waals surface area contributed by atoms with Gasteiger partial charge in [0.15, 0.2) is 5.92 Å². The number of rotatable bonds is 3. The van der Waals surface area contributed by atoms with Gasteiger partial charge in [0.05, 0.1) is 11.8 Å². The number of carbonyl (C=O) groups excluding carboxylic acids is 2. The number of nitriles is 1. The van der Waals surface area contributed by atoms with E-state index in [0.29, 0.717) is 5.69 Å². The van der Waals surface area contributed by atoms with Gasteiger partial charge < -0.3 is 10.3 Å². The number of hydrogen-bond donors (Lipinski definition) is 1. The minimum Gasteiger partial charge on any atom is -0.368 e. The number of aromatic nitrogens is 1. The summed E-state index contributed by atoms with van der Waals surface area (Å²) in [5, 5.41) is 8.58. The Labute approximate surface area is 80.7 Å². The maximum absolute atomic E-state index is 11.6. The Bertz CT molecular complexity index is 414. The van der Waals surface area contributed by atoms with E-state index >= 15 is 0 Å². The number of nitrogens with two attached hydrogens (primary N) is 1. The highest BCUT2D eigenvalue weighted by molar-refractivity contribution is 6.10. The molecule has 1 unspecified atom stereocenters. The van der Waals surface area contributed by atoms with Gasteiger partial charge in [-0.25, -0.2) is 0 Å². The summed E-state index contributed by atoms with van der Waals surface area (Å²) in [6, 6.07) is 4.77. The smallest absolute Gasteiger partial charge is 0.242 e. The van der Waals surface area contributed by atoms with Gasteiger partial charge in [0.1, 0.15) is 0 Å². The Morgan fingerprint density at radius 3 is 2.64 bits per heavy atom. The molecule has 1 rings (SSSR count). The molecule has 1 heterocycles.